The van der Waals surface area contributed by atoms with E-state index in [9.17, 15) is 10.2 Å². The van der Waals surface area contributed by atoms with E-state index in [2.05, 4.69) is 0 Å². The lowest BCUT2D eigenvalue weighted by Crippen LogP contribution is -2.00. The van der Waals surface area contributed by atoms with Crippen LogP contribution in [-0.2, 0) is 0 Å². The lowest BCUT2D eigenvalue weighted by molar-refractivity contribution is 0.443. The van der Waals surface area contributed by atoms with Gasteiger partial charge in [-0.05, 0) is 31.9 Å². The van der Waals surface area contributed by atoms with Gasteiger partial charge in [-0.15, -0.1) is 0 Å². The summed E-state index contributed by atoms with van der Waals surface area (Å²) in [5.41, 5.74) is 1.64. The average molecular weight is 216 g/mol. The van der Waals surface area contributed by atoms with Crippen LogP contribution in [-0.4, -0.2) is 10.2 Å². The molecule has 0 heterocycles. The Labute approximate surface area is 94.0 Å². The molecule has 0 bridgehead atoms. The molecule has 1 aromatic carbocycles. The van der Waals surface area contributed by atoms with Crippen molar-refractivity contribution >= 4 is 0 Å². The van der Waals surface area contributed by atoms with E-state index in [1.165, 1.54) is 0 Å². The largest absolute Gasteiger partial charge is 0.507 e. The van der Waals surface area contributed by atoms with Gasteiger partial charge in [0.1, 0.15) is 11.5 Å². The Kier molecular flexibility index (Phi) is 3.06. The summed E-state index contributed by atoms with van der Waals surface area (Å²) in [4.78, 5) is 0. The third-order valence-corrected chi connectivity index (χ3v) is 2.83. The van der Waals surface area contributed by atoms with Crippen LogP contribution >= 0.6 is 0 Å². The van der Waals surface area contributed by atoms with Gasteiger partial charge in [-0.25, -0.2) is 0 Å². The Bertz CT molecular complexity index is 478. The zero-order chi connectivity index (χ0) is 12.5. The van der Waals surface area contributed by atoms with Crippen molar-refractivity contribution < 1.29 is 10.2 Å². The molecule has 0 atom stereocenters. The van der Waals surface area contributed by atoms with Crippen LogP contribution in [0.5, 0.6) is 11.5 Å². The number of phenols is 2. The van der Waals surface area contributed by atoms with Crippen molar-refractivity contribution in [3.63, 3.8) is 0 Å². The number of nitrogens with zero attached hydrogens (tertiary/aromatic N) is 2. The third kappa shape index (κ3) is 1.55. The minimum atomic E-state index is -1.06. The fourth-order valence-electron chi connectivity index (χ4n) is 1.65. The van der Waals surface area contributed by atoms with Gasteiger partial charge >= 0.3 is 0 Å². The molecule has 0 saturated carbocycles. The highest BCUT2D eigenvalue weighted by atomic mass is 16.3. The molecule has 82 valence electrons. The monoisotopic (exact) mass is 216 g/mol. The molecule has 1 rings (SSSR count). The zero-order valence-electron chi connectivity index (χ0n) is 9.37. The SMILES string of the molecule is Cc1c(C)c(O)c(C(C#N)C#N)c(C)c1O. The first kappa shape index (κ1) is 11.9. The number of aromatic hydroxyl groups is 2. The van der Waals surface area contributed by atoms with Crippen molar-refractivity contribution in [2.24, 2.45) is 0 Å². The van der Waals surface area contributed by atoms with Crippen LogP contribution < -0.4 is 0 Å². The first-order valence-corrected chi connectivity index (χ1v) is 4.76. The van der Waals surface area contributed by atoms with E-state index < -0.39 is 5.92 Å². The van der Waals surface area contributed by atoms with Gasteiger partial charge in [0.05, 0.1) is 12.1 Å². The molecule has 1 aromatic rings. The van der Waals surface area contributed by atoms with Crippen molar-refractivity contribution in [2.45, 2.75) is 26.7 Å². The van der Waals surface area contributed by atoms with Crippen LogP contribution in [0.1, 0.15) is 28.2 Å². The van der Waals surface area contributed by atoms with E-state index in [1.54, 1.807) is 32.9 Å². The number of hydrogen-bond donors (Lipinski definition) is 2. The molecule has 0 aromatic heterocycles. The standard InChI is InChI=1S/C12H12N2O2/c1-6-7(2)12(16)10(8(3)11(6)15)9(4-13)5-14/h9,15-16H,1-3H3. The van der Waals surface area contributed by atoms with E-state index in [0.29, 0.717) is 16.7 Å². The Balaban J connectivity index is 3.67. The second-order valence-corrected chi connectivity index (χ2v) is 3.68. The predicted octanol–water partition coefficient (Wildman–Crippen LogP) is 2.15. The van der Waals surface area contributed by atoms with Gasteiger partial charge in [0, 0.05) is 11.1 Å². The summed E-state index contributed by atoms with van der Waals surface area (Å²) >= 11 is 0. The summed E-state index contributed by atoms with van der Waals surface area (Å²) < 4.78 is 0. The molecule has 0 fully saturated rings. The highest BCUT2D eigenvalue weighted by Crippen LogP contribution is 2.39. The average Bonchev–Trinajstić information content (AvgIpc) is 2.29. The molecule has 2 N–H and O–H groups in total. The molecule has 0 aliphatic rings. The van der Waals surface area contributed by atoms with Crippen molar-refractivity contribution in [3.8, 4) is 23.6 Å². The fourth-order valence-corrected chi connectivity index (χ4v) is 1.65. The van der Waals surface area contributed by atoms with Crippen molar-refractivity contribution in [2.75, 3.05) is 0 Å². The van der Waals surface area contributed by atoms with Gasteiger partial charge in [-0.1, -0.05) is 0 Å². The van der Waals surface area contributed by atoms with Crippen LogP contribution in [0.4, 0.5) is 0 Å². The summed E-state index contributed by atoms with van der Waals surface area (Å²) in [6.07, 6.45) is 0. The molecule has 0 aliphatic heterocycles. The molecule has 0 unspecified atom stereocenters. The van der Waals surface area contributed by atoms with E-state index in [1.807, 2.05) is 0 Å². The molecular formula is C12H12N2O2. The second-order valence-electron chi connectivity index (χ2n) is 3.68. The van der Waals surface area contributed by atoms with Crippen molar-refractivity contribution in [1.29, 1.82) is 10.5 Å². The van der Waals surface area contributed by atoms with Crippen LogP contribution in [0.15, 0.2) is 0 Å². The van der Waals surface area contributed by atoms with Crippen LogP contribution in [0, 0.1) is 43.4 Å². The zero-order valence-corrected chi connectivity index (χ0v) is 9.37. The highest BCUT2D eigenvalue weighted by molar-refractivity contribution is 5.60. The van der Waals surface area contributed by atoms with E-state index in [0.717, 1.165) is 0 Å². The molecule has 4 heteroatoms. The maximum absolute atomic E-state index is 9.90. The Morgan fingerprint density at radius 3 is 1.75 bits per heavy atom. The Morgan fingerprint density at radius 1 is 0.875 bits per heavy atom. The van der Waals surface area contributed by atoms with Gasteiger partial charge in [-0.2, -0.15) is 10.5 Å². The number of rotatable bonds is 1. The van der Waals surface area contributed by atoms with E-state index >= 15 is 0 Å². The predicted molar refractivity (Wildman–Crippen MR) is 57.9 cm³/mol. The van der Waals surface area contributed by atoms with Gasteiger partial charge in [0.2, 0.25) is 0 Å². The number of phenolic OH excluding ortho intramolecular Hbond substituents is 2. The lowest BCUT2D eigenvalue weighted by Gasteiger charge is -2.15. The van der Waals surface area contributed by atoms with E-state index in [4.69, 9.17) is 10.5 Å². The number of nitriles is 2. The number of benzene rings is 1. The Hall–Kier alpha value is -2.20. The molecule has 0 amide bonds. The molecule has 0 aliphatic carbocycles. The minimum Gasteiger partial charge on any atom is -0.507 e. The normalized spacial score (nSPS) is 9.88. The first-order chi connectivity index (χ1) is 7.45. The second kappa shape index (κ2) is 4.12. The maximum atomic E-state index is 9.90. The van der Waals surface area contributed by atoms with Gasteiger partial charge < -0.3 is 10.2 Å². The Morgan fingerprint density at radius 2 is 1.31 bits per heavy atom. The quantitative estimate of drug-likeness (QED) is 0.704. The van der Waals surface area contributed by atoms with Crippen LogP contribution in [0.2, 0.25) is 0 Å². The summed E-state index contributed by atoms with van der Waals surface area (Å²) in [6.45, 7) is 4.90. The molecule has 16 heavy (non-hydrogen) atoms. The topological polar surface area (TPSA) is 88.0 Å². The van der Waals surface area contributed by atoms with Crippen LogP contribution in [0.3, 0.4) is 0 Å². The van der Waals surface area contributed by atoms with Gasteiger partial charge in [-0.3, -0.25) is 0 Å². The molecular weight excluding hydrogens is 204 g/mol. The van der Waals surface area contributed by atoms with Gasteiger partial charge in [0.25, 0.3) is 0 Å². The van der Waals surface area contributed by atoms with Gasteiger partial charge in [0.15, 0.2) is 5.92 Å². The maximum Gasteiger partial charge on any atom is 0.162 e. The van der Waals surface area contributed by atoms with E-state index in [-0.39, 0.29) is 17.1 Å². The fraction of sp³-hybridized carbons (Fsp3) is 0.333. The summed E-state index contributed by atoms with van der Waals surface area (Å²) in [5, 5.41) is 37.3. The number of hydrogen-bond acceptors (Lipinski definition) is 4. The molecule has 0 radical (unpaired) electrons. The summed E-state index contributed by atoms with van der Waals surface area (Å²) in [5.74, 6) is -1.12. The molecule has 4 nitrogen and oxygen atoms in total. The van der Waals surface area contributed by atoms with Crippen LogP contribution in [0.25, 0.3) is 0 Å². The van der Waals surface area contributed by atoms with Crippen molar-refractivity contribution in [1.82, 2.24) is 0 Å². The minimum absolute atomic E-state index is 0.0285. The summed E-state index contributed by atoms with van der Waals surface area (Å²) in [7, 11) is 0. The first-order valence-electron chi connectivity index (χ1n) is 4.76. The smallest absolute Gasteiger partial charge is 0.162 e. The highest BCUT2D eigenvalue weighted by Gasteiger charge is 2.23. The van der Waals surface area contributed by atoms with Crippen molar-refractivity contribution in [3.05, 3.63) is 22.3 Å². The molecule has 0 saturated heterocycles. The summed E-state index contributed by atoms with van der Waals surface area (Å²) in [6, 6.07) is 3.58. The lowest BCUT2D eigenvalue weighted by atomic mass is 9.90. The third-order valence-electron chi connectivity index (χ3n) is 2.83. The molecule has 0 spiro atoms.